The first kappa shape index (κ1) is 14.8. The van der Waals surface area contributed by atoms with Crippen molar-refractivity contribution in [2.45, 2.75) is 52.1 Å². The topological polar surface area (TPSA) is 66.8 Å². The Kier molecular flexibility index (Phi) is 4.99. The molecule has 5 heteroatoms. The van der Waals surface area contributed by atoms with Gasteiger partial charge < -0.3 is 14.7 Å². The summed E-state index contributed by atoms with van der Waals surface area (Å²) in [5, 5.41) is 8.67. The molecular weight excluding hydrogens is 234 g/mol. The third-order valence-corrected chi connectivity index (χ3v) is 2.94. The van der Waals surface area contributed by atoms with Gasteiger partial charge in [-0.2, -0.15) is 0 Å². The van der Waals surface area contributed by atoms with Gasteiger partial charge in [0.1, 0.15) is 5.60 Å². The fraction of sp³-hybridized carbons (Fsp3) is 0.846. The first-order valence-electron chi connectivity index (χ1n) is 6.47. The monoisotopic (exact) mass is 257 g/mol. The van der Waals surface area contributed by atoms with E-state index in [1.54, 1.807) is 4.90 Å². The Labute approximate surface area is 108 Å². The predicted molar refractivity (Wildman–Crippen MR) is 67.4 cm³/mol. The molecule has 1 aliphatic rings. The van der Waals surface area contributed by atoms with Gasteiger partial charge >= 0.3 is 12.1 Å². The fourth-order valence-corrected chi connectivity index (χ4v) is 2.12. The number of carboxylic acid groups (broad SMARTS) is 1. The van der Waals surface area contributed by atoms with Gasteiger partial charge in [-0.25, -0.2) is 4.79 Å². The number of hydrogen-bond acceptors (Lipinski definition) is 3. The lowest BCUT2D eigenvalue weighted by Gasteiger charge is -2.34. The van der Waals surface area contributed by atoms with Gasteiger partial charge in [-0.15, -0.1) is 0 Å². The van der Waals surface area contributed by atoms with E-state index in [1.165, 1.54) is 0 Å². The van der Waals surface area contributed by atoms with Crippen LogP contribution in [0.5, 0.6) is 0 Å². The van der Waals surface area contributed by atoms with Crippen LogP contribution in [0.3, 0.4) is 0 Å². The van der Waals surface area contributed by atoms with Gasteiger partial charge in [0.15, 0.2) is 0 Å². The zero-order valence-electron chi connectivity index (χ0n) is 11.4. The Morgan fingerprint density at radius 2 is 2.06 bits per heavy atom. The van der Waals surface area contributed by atoms with Crippen molar-refractivity contribution < 1.29 is 19.4 Å². The van der Waals surface area contributed by atoms with Crippen LogP contribution < -0.4 is 0 Å². The molecular formula is C13H23NO4. The van der Waals surface area contributed by atoms with Crippen LogP contribution in [-0.4, -0.2) is 40.8 Å². The maximum Gasteiger partial charge on any atom is 0.410 e. The van der Waals surface area contributed by atoms with Crippen LogP contribution in [0.25, 0.3) is 0 Å². The van der Waals surface area contributed by atoms with Crippen LogP contribution in [0.1, 0.15) is 46.5 Å². The summed E-state index contributed by atoms with van der Waals surface area (Å²) in [6.45, 7) is 6.85. The van der Waals surface area contributed by atoms with Gasteiger partial charge in [0.05, 0.1) is 0 Å². The SMILES string of the molecule is CC(C)(C)OC(=O)N1CCCC(CCC(=O)O)C1. The number of rotatable bonds is 3. The molecule has 0 bridgehead atoms. The van der Waals surface area contributed by atoms with Crippen molar-refractivity contribution in [3.8, 4) is 0 Å². The van der Waals surface area contributed by atoms with Gasteiger partial charge in [-0.1, -0.05) is 0 Å². The smallest absolute Gasteiger partial charge is 0.410 e. The number of ether oxygens (including phenoxy) is 1. The molecule has 0 radical (unpaired) electrons. The number of hydrogen-bond donors (Lipinski definition) is 1. The van der Waals surface area contributed by atoms with E-state index in [-0.39, 0.29) is 18.4 Å². The van der Waals surface area contributed by atoms with Crippen molar-refractivity contribution in [1.82, 2.24) is 4.90 Å². The zero-order valence-corrected chi connectivity index (χ0v) is 11.4. The molecule has 1 fully saturated rings. The number of likely N-dealkylation sites (tertiary alicyclic amines) is 1. The molecule has 1 rings (SSSR count). The number of aliphatic carboxylic acids is 1. The Bertz CT molecular complexity index is 309. The molecule has 1 unspecified atom stereocenters. The minimum Gasteiger partial charge on any atom is -0.481 e. The lowest BCUT2D eigenvalue weighted by molar-refractivity contribution is -0.137. The summed E-state index contributed by atoms with van der Waals surface area (Å²) in [6, 6.07) is 0. The molecule has 1 saturated heterocycles. The van der Waals surface area contributed by atoms with E-state index >= 15 is 0 Å². The summed E-state index contributed by atoms with van der Waals surface area (Å²) in [7, 11) is 0. The number of carboxylic acids is 1. The summed E-state index contributed by atoms with van der Waals surface area (Å²) < 4.78 is 5.32. The van der Waals surface area contributed by atoms with Crippen LogP contribution in [0, 0.1) is 5.92 Å². The standard InChI is InChI=1S/C13H23NO4/c1-13(2,3)18-12(17)14-8-4-5-10(9-14)6-7-11(15)16/h10H,4-9H2,1-3H3,(H,15,16). The summed E-state index contributed by atoms with van der Waals surface area (Å²) >= 11 is 0. The molecule has 1 N–H and O–H groups in total. The molecule has 104 valence electrons. The molecule has 0 aliphatic carbocycles. The summed E-state index contributed by atoms with van der Waals surface area (Å²) in [5.41, 5.74) is -0.481. The quantitative estimate of drug-likeness (QED) is 0.843. The lowest BCUT2D eigenvalue weighted by atomic mass is 9.94. The molecule has 1 atom stereocenters. The Balaban J connectivity index is 2.43. The number of carbonyl (C=O) groups excluding carboxylic acids is 1. The summed E-state index contributed by atoms with van der Waals surface area (Å²) in [5.74, 6) is -0.494. The van der Waals surface area contributed by atoms with Crippen molar-refractivity contribution in [3.63, 3.8) is 0 Å². The molecule has 0 aromatic rings. The normalized spacial score (nSPS) is 20.6. The van der Waals surface area contributed by atoms with Crippen LogP contribution in [0.15, 0.2) is 0 Å². The second-order valence-electron chi connectivity index (χ2n) is 5.87. The Morgan fingerprint density at radius 3 is 2.61 bits per heavy atom. The van der Waals surface area contributed by atoms with Crippen LogP contribution in [0.4, 0.5) is 4.79 Å². The van der Waals surface area contributed by atoms with E-state index in [4.69, 9.17) is 9.84 Å². The van der Waals surface area contributed by atoms with E-state index in [0.717, 1.165) is 12.8 Å². The van der Waals surface area contributed by atoms with E-state index in [1.807, 2.05) is 20.8 Å². The average molecular weight is 257 g/mol. The second kappa shape index (κ2) is 6.07. The van der Waals surface area contributed by atoms with Gasteiger partial charge in [0, 0.05) is 19.5 Å². The van der Waals surface area contributed by atoms with Crippen molar-refractivity contribution in [1.29, 1.82) is 0 Å². The fourth-order valence-electron chi connectivity index (χ4n) is 2.12. The summed E-state index contributed by atoms with van der Waals surface area (Å²) in [4.78, 5) is 24.1. The molecule has 1 amide bonds. The van der Waals surface area contributed by atoms with Crippen molar-refractivity contribution in [3.05, 3.63) is 0 Å². The van der Waals surface area contributed by atoms with Crippen LogP contribution >= 0.6 is 0 Å². The predicted octanol–water partition coefficient (Wildman–Crippen LogP) is 2.50. The lowest BCUT2D eigenvalue weighted by Crippen LogP contribution is -2.42. The van der Waals surface area contributed by atoms with E-state index in [9.17, 15) is 9.59 Å². The zero-order chi connectivity index (χ0) is 13.8. The number of amides is 1. The highest BCUT2D eigenvalue weighted by Crippen LogP contribution is 2.22. The molecule has 0 saturated carbocycles. The second-order valence-corrected chi connectivity index (χ2v) is 5.87. The Morgan fingerprint density at radius 1 is 1.39 bits per heavy atom. The highest BCUT2D eigenvalue weighted by atomic mass is 16.6. The van der Waals surface area contributed by atoms with Gasteiger partial charge in [-0.3, -0.25) is 4.79 Å². The van der Waals surface area contributed by atoms with Crippen molar-refractivity contribution >= 4 is 12.1 Å². The first-order chi connectivity index (χ1) is 8.28. The van der Waals surface area contributed by atoms with Gasteiger partial charge in [0.25, 0.3) is 0 Å². The molecule has 1 aliphatic heterocycles. The maximum absolute atomic E-state index is 11.9. The summed E-state index contributed by atoms with van der Waals surface area (Å²) in [6.07, 6.45) is 2.43. The van der Waals surface area contributed by atoms with Crippen LogP contribution in [-0.2, 0) is 9.53 Å². The Hall–Kier alpha value is -1.26. The number of piperidine rings is 1. The van der Waals surface area contributed by atoms with Crippen molar-refractivity contribution in [2.75, 3.05) is 13.1 Å². The maximum atomic E-state index is 11.9. The van der Waals surface area contributed by atoms with E-state index in [0.29, 0.717) is 19.5 Å². The third-order valence-electron chi connectivity index (χ3n) is 2.94. The van der Waals surface area contributed by atoms with E-state index < -0.39 is 11.6 Å². The average Bonchev–Trinajstić information content (AvgIpc) is 2.24. The third kappa shape index (κ3) is 5.38. The molecule has 0 aromatic heterocycles. The molecule has 1 heterocycles. The number of carbonyl (C=O) groups is 2. The van der Waals surface area contributed by atoms with Gasteiger partial charge in [0.2, 0.25) is 0 Å². The number of nitrogens with zero attached hydrogens (tertiary/aromatic N) is 1. The highest BCUT2D eigenvalue weighted by Gasteiger charge is 2.27. The van der Waals surface area contributed by atoms with Gasteiger partial charge in [-0.05, 0) is 46.0 Å². The highest BCUT2D eigenvalue weighted by molar-refractivity contribution is 5.68. The minimum atomic E-state index is -0.774. The van der Waals surface area contributed by atoms with E-state index in [2.05, 4.69) is 0 Å². The molecule has 18 heavy (non-hydrogen) atoms. The van der Waals surface area contributed by atoms with Crippen LogP contribution in [0.2, 0.25) is 0 Å². The molecule has 0 aromatic carbocycles. The first-order valence-corrected chi connectivity index (χ1v) is 6.47. The molecule has 0 spiro atoms. The molecule has 5 nitrogen and oxygen atoms in total. The minimum absolute atomic E-state index is 0.173. The largest absolute Gasteiger partial charge is 0.481 e. The van der Waals surface area contributed by atoms with Crippen molar-refractivity contribution in [2.24, 2.45) is 5.92 Å².